The second-order valence-corrected chi connectivity index (χ2v) is 8.14. The van der Waals surface area contributed by atoms with Gasteiger partial charge in [-0.2, -0.15) is 0 Å². The lowest BCUT2D eigenvalue weighted by molar-refractivity contribution is 0.0586. The molecule has 0 spiro atoms. The van der Waals surface area contributed by atoms with E-state index in [0.29, 0.717) is 45.3 Å². The molecule has 0 radical (unpaired) electrons. The van der Waals surface area contributed by atoms with Crippen LogP contribution >= 0.6 is 0 Å². The van der Waals surface area contributed by atoms with Gasteiger partial charge in [-0.05, 0) is 50.6 Å². The summed E-state index contributed by atoms with van der Waals surface area (Å²) in [5.41, 5.74) is 2.07. The summed E-state index contributed by atoms with van der Waals surface area (Å²) >= 11 is 0. The van der Waals surface area contributed by atoms with Crippen LogP contribution in [0.15, 0.2) is 41.0 Å². The number of esters is 1. The molecule has 0 N–H and O–H groups in total. The van der Waals surface area contributed by atoms with Crippen LogP contribution in [-0.2, 0) is 18.3 Å². The second-order valence-electron chi connectivity index (χ2n) is 8.14. The molecule has 3 aromatic rings. The SMILES string of the molecule is COC(=O)c1c(C)c(C(=O)C(C)N(Cc2ccco2)C(=O)c2cc(OC)cc(OC)c2)c(C)n1C. The van der Waals surface area contributed by atoms with E-state index in [4.69, 9.17) is 18.6 Å². The van der Waals surface area contributed by atoms with Crippen LogP contribution in [-0.4, -0.2) is 54.5 Å². The first-order chi connectivity index (χ1) is 16.6. The van der Waals surface area contributed by atoms with E-state index in [0.717, 1.165) is 0 Å². The van der Waals surface area contributed by atoms with E-state index in [1.165, 1.54) is 32.5 Å². The van der Waals surface area contributed by atoms with Gasteiger partial charge < -0.3 is 28.1 Å². The van der Waals surface area contributed by atoms with Gasteiger partial charge >= 0.3 is 5.97 Å². The van der Waals surface area contributed by atoms with Gasteiger partial charge in [-0.15, -0.1) is 0 Å². The van der Waals surface area contributed by atoms with E-state index in [1.54, 1.807) is 62.7 Å². The number of rotatable bonds is 9. The Hall–Kier alpha value is -4.01. The minimum Gasteiger partial charge on any atom is -0.497 e. The van der Waals surface area contributed by atoms with Gasteiger partial charge in [-0.25, -0.2) is 4.79 Å². The van der Waals surface area contributed by atoms with Crippen molar-refractivity contribution >= 4 is 17.7 Å². The molecule has 3 rings (SSSR count). The molecule has 1 unspecified atom stereocenters. The fourth-order valence-corrected chi connectivity index (χ4v) is 4.13. The number of carbonyl (C=O) groups excluding carboxylic acids is 3. The zero-order chi connectivity index (χ0) is 25.9. The predicted octanol–water partition coefficient (Wildman–Crippen LogP) is 3.95. The number of ether oxygens (including phenoxy) is 3. The van der Waals surface area contributed by atoms with Crippen molar-refractivity contribution in [2.24, 2.45) is 7.05 Å². The number of methoxy groups -OCH3 is 3. The van der Waals surface area contributed by atoms with Gasteiger partial charge in [0, 0.05) is 29.9 Å². The highest BCUT2D eigenvalue weighted by Crippen LogP contribution is 2.28. The Bertz CT molecular complexity index is 1220. The average molecular weight is 483 g/mol. The smallest absolute Gasteiger partial charge is 0.354 e. The largest absolute Gasteiger partial charge is 0.497 e. The van der Waals surface area contributed by atoms with Crippen LogP contribution < -0.4 is 9.47 Å². The van der Waals surface area contributed by atoms with Gasteiger partial charge in [0.25, 0.3) is 5.91 Å². The van der Waals surface area contributed by atoms with E-state index >= 15 is 0 Å². The Kier molecular flexibility index (Phi) is 7.68. The highest BCUT2D eigenvalue weighted by molar-refractivity contribution is 6.07. The quantitative estimate of drug-likeness (QED) is 0.336. The molecule has 1 amide bonds. The van der Waals surface area contributed by atoms with E-state index in [-0.39, 0.29) is 12.3 Å². The van der Waals surface area contributed by atoms with Crippen molar-refractivity contribution in [3.05, 3.63) is 70.4 Å². The number of nitrogens with zero attached hydrogens (tertiary/aromatic N) is 2. The molecular formula is C26H30N2O7. The van der Waals surface area contributed by atoms with Crippen molar-refractivity contribution in [3.8, 4) is 11.5 Å². The van der Waals surface area contributed by atoms with Crippen LogP contribution in [0.3, 0.4) is 0 Å². The number of Topliss-reactive ketones (excluding diaryl/α,β-unsaturated/α-hetero) is 1. The molecule has 9 heteroatoms. The summed E-state index contributed by atoms with van der Waals surface area (Å²) in [5, 5.41) is 0. The number of benzene rings is 1. The average Bonchev–Trinajstić information content (AvgIpc) is 3.46. The number of furan rings is 1. The Morgan fingerprint density at radius 1 is 1.06 bits per heavy atom. The van der Waals surface area contributed by atoms with E-state index in [1.807, 2.05) is 0 Å². The van der Waals surface area contributed by atoms with Crippen LogP contribution in [0, 0.1) is 13.8 Å². The third-order valence-corrected chi connectivity index (χ3v) is 6.17. The summed E-state index contributed by atoms with van der Waals surface area (Å²) in [6, 6.07) is 7.41. The molecule has 2 aromatic heterocycles. The maximum absolute atomic E-state index is 13.8. The van der Waals surface area contributed by atoms with Crippen molar-refractivity contribution in [1.82, 2.24) is 9.47 Å². The van der Waals surface area contributed by atoms with E-state index < -0.39 is 17.9 Å². The Morgan fingerprint density at radius 2 is 1.69 bits per heavy atom. The van der Waals surface area contributed by atoms with Gasteiger partial charge in [0.2, 0.25) is 0 Å². The molecule has 9 nitrogen and oxygen atoms in total. The van der Waals surface area contributed by atoms with Crippen LogP contribution in [0.25, 0.3) is 0 Å². The number of carbonyl (C=O) groups is 3. The van der Waals surface area contributed by atoms with Crippen LogP contribution in [0.1, 0.15) is 55.1 Å². The maximum Gasteiger partial charge on any atom is 0.354 e. The fourth-order valence-electron chi connectivity index (χ4n) is 4.13. The first kappa shape index (κ1) is 25.6. The van der Waals surface area contributed by atoms with Crippen molar-refractivity contribution in [2.75, 3.05) is 21.3 Å². The third kappa shape index (κ3) is 4.94. The number of amides is 1. The Balaban J connectivity index is 2.06. The Morgan fingerprint density at radius 3 is 2.20 bits per heavy atom. The summed E-state index contributed by atoms with van der Waals surface area (Å²) in [4.78, 5) is 41.2. The molecule has 0 bridgehead atoms. The zero-order valence-corrected chi connectivity index (χ0v) is 21.0. The zero-order valence-electron chi connectivity index (χ0n) is 21.0. The Labute approximate surface area is 204 Å². The lowest BCUT2D eigenvalue weighted by Gasteiger charge is -2.28. The highest BCUT2D eigenvalue weighted by Gasteiger charge is 2.33. The molecule has 35 heavy (non-hydrogen) atoms. The first-order valence-electron chi connectivity index (χ1n) is 11.0. The third-order valence-electron chi connectivity index (χ3n) is 6.17. The molecule has 0 saturated heterocycles. The summed E-state index contributed by atoms with van der Waals surface area (Å²) in [6.45, 7) is 5.17. The summed E-state index contributed by atoms with van der Waals surface area (Å²) in [7, 11) is 5.98. The molecule has 186 valence electrons. The van der Waals surface area contributed by atoms with Gasteiger partial charge in [0.1, 0.15) is 23.0 Å². The minimum absolute atomic E-state index is 0.0626. The maximum atomic E-state index is 13.8. The van der Waals surface area contributed by atoms with Crippen LogP contribution in [0.5, 0.6) is 11.5 Å². The summed E-state index contributed by atoms with van der Waals surface area (Å²) < 4.78 is 22.6. The lowest BCUT2D eigenvalue weighted by atomic mass is 9.99. The second kappa shape index (κ2) is 10.5. The monoisotopic (exact) mass is 482 g/mol. The minimum atomic E-state index is -0.880. The normalized spacial score (nSPS) is 11.6. The topological polar surface area (TPSA) is 100 Å². The number of aromatic nitrogens is 1. The molecule has 0 saturated carbocycles. The molecule has 2 heterocycles. The molecule has 1 aromatic carbocycles. The van der Waals surface area contributed by atoms with Gasteiger partial charge in [-0.3, -0.25) is 9.59 Å². The van der Waals surface area contributed by atoms with Crippen molar-refractivity contribution < 1.29 is 33.0 Å². The van der Waals surface area contributed by atoms with Crippen molar-refractivity contribution in [3.63, 3.8) is 0 Å². The predicted molar refractivity (Wildman–Crippen MR) is 128 cm³/mol. The van der Waals surface area contributed by atoms with Crippen LogP contribution in [0.2, 0.25) is 0 Å². The summed E-state index contributed by atoms with van der Waals surface area (Å²) in [5.74, 6) is 0.167. The van der Waals surface area contributed by atoms with E-state index in [9.17, 15) is 14.4 Å². The van der Waals surface area contributed by atoms with Gasteiger partial charge in [-0.1, -0.05) is 0 Å². The van der Waals surface area contributed by atoms with Gasteiger partial charge in [0.05, 0.1) is 40.2 Å². The molecule has 0 fully saturated rings. The van der Waals surface area contributed by atoms with Crippen molar-refractivity contribution in [1.29, 1.82) is 0 Å². The van der Waals surface area contributed by atoms with Crippen LogP contribution in [0.4, 0.5) is 0 Å². The lowest BCUT2D eigenvalue weighted by Crippen LogP contribution is -2.43. The van der Waals surface area contributed by atoms with Gasteiger partial charge in [0.15, 0.2) is 5.78 Å². The van der Waals surface area contributed by atoms with Crippen molar-refractivity contribution in [2.45, 2.75) is 33.4 Å². The number of hydrogen-bond acceptors (Lipinski definition) is 7. The molecule has 0 aliphatic carbocycles. The fraction of sp³-hybridized carbons (Fsp3) is 0.346. The number of hydrogen-bond donors (Lipinski definition) is 0. The summed E-state index contributed by atoms with van der Waals surface area (Å²) in [6.07, 6.45) is 1.51. The highest BCUT2D eigenvalue weighted by atomic mass is 16.5. The molecule has 0 aliphatic rings. The molecule has 0 aliphatic heterocycles. The first-order valence-corrected chi connectivity index (χ1v) is 11.0. The number of ketones is 1. The van der Waals surface area contributed by atoms with E-state index in [2.05, 4.69) is 0 Å². The standard InChI is InChI=1S/C26H30N2O7/c1-15-22(16(2)27(4)23(15)26(31)34-7)24(29)17(3)28(14-19-9-8-10-35-19)25(30)18-11-20(32-5)13-21(12-18)33-6/h8-13,17H,14H2,1-7H3. The molecular weight excluding hydrogens is 452 g/mol. The molecule has 1 atom stereocenters.